The number of ether oxygens (including phenoxy) is 3. The summed E-state index contributed by atoms with van der Waals surface area (Å²) in [6.07, 6.45) is 46.9. The van der Waals surface area contributed by atoms with E-state index in [0.717, 1.165) is 77.0 Å². The summed E-state index contributed by atoms with van der Waals surface area (Å²) in [6, 6.07) is -1.54. The molecule has 1 rings (SSSR count). The molecule has 334 valence electrons. The molecule has 59 heavy (non-hydrogen) atoms. The summed E-state index contributed by atoms with van der Waals surface area (Å²) in [7, 11) is -4.75. The van der Waals surface area contributed by atoms with Crippen LogP contribution in [-0.4, -0.2) is 72.1 Å². The summed E-state index contributed by atoms with van der Waals surface area (Å²) in [5.74, 6) is -2.52. The van der Waals surface area contributed by atoms with Crippen LogP contribution in [0.3, 0.4) is 0 Å². The van der Waals surface area contributed by atoms with Gasteiger partial charge in [-0.25, -0.2) is 4.57 Å². The first kappa shape index (κ1) is 53.6. The van der Waals surface area contributed by atoms with Gasteiger partial charge in [0.2, 0.25) is 0 Å². The predicted octanol–water partition coefficient (Wildman–Crippen LogP) is 10.5. The normalized spacial score (nSPS) is 18.0. The van der Waals surface area contributed by atoms with E-state index < -0.39 is 57.7 Å². The monoisotopic (exact) mass is 847 g/mol. The molecule has 1 aliphatic rings. The van der Waals surface area contributed by atoms with Crippen molar-refractivity contribution in [2.45, 2.75) is 167 Å². The minimum absolute atomic E-state index is 0.0860. The lowest BCUT2D eigenvalue weighted by molar-refractivity contribution is -0.161. The van der Waals surface area contributed by atoms with E-state index >= 15 is 0 Å². The van der Waals surface area contributed by atoms with Crippen LogP contribution in [0.4, 0.5) is 0 Å². The Hall–Kier alpha value is -3.38. The van der Waals surface area contributed by atoms with Gasteiger partial charge in [-0.3, -0.25) is 23.4 Å². The molecule has 1 fully saturated rings. The highest BCUT2D eigenvalue weighted by Gasteiger charge is 2.36. The average Bonchev–Trinajstić information content (AvgIpc) is 3.97. The molecule has 3 unspecified atom stereocenters. The van der Waals surface area contributed by atoms with Crippen LogP contribution in [0, 0.1) is 0 Å². The minimum Gasteiger partial charge on any atom is -0.480 e. The number of carbonyl (C=O) groups excluding carboxylic acids is 2. The number of nitrogens with two attached hydrogens (primary N) is 1. The molecule has 0 aliphatic carbocycles. The topological polar surface area (TPSA) is 184 Å². The summed E-state index contributed by atoms with van der Waals surface area (Å²) in [5, 5.41) is 8.89. The van der Waals surface area contributed by atoms with Crippen molar-refractivity contribution in [3.05, 3.63) is 85.1 Å². The molecule has 0 amide bonds. The third-order valence-electron chi connectivity index (χ3n) is 9.06. The predicted molar refractivity (Wildman–Crippen MR) is 235 cm³/mol. The zero-order chi connectivity index (χ0) is 43.2. The maximum atomic E-state index is 12.6. The van der Waals surface area contributed by atoms with Crippen LogP contribution in [0.2, 0.25) is 0 Å². The van der Waals surface area contributed by atoms with Crippen LogP contribution < -0.4 is 5.73 Å². The highest BCUT2D eigenvalue weighted by Crippen LogP contribution is 2.43. The highest BCUT2D eigenvalue weighted by molar-refractivity contribution is 7.47. The second kappa shape index (κ2) is 36.5. The summed E-state index contributed by atoms with van der Waals surface area (Å²) >= 11 is 0. The number of phosphoric ester groups is 1. The number of rotatable bonds is 38. The van der Waals surface area contributed by atoms with Crippen molar-refractivity contribution in [1.82, 2.24) is 0 Å². The van der Waals surface area contributed by atoms with E-state index in [0.29, 0.717) is 25.0 Å². The molecule has 0 aromatic carbocycles. The van der Waals surface area contributed by atoms with E-state index in [1.165, 1.54) is 25.7 Å². The number of esters is 2. The number of unbranched alkanes of at least 4 members (excludes halogenated alkanes) is 7. The standard InChI is InChI=1S/C46H74NO11P/c1-3-5-7-8-9-10-11-12-13-14-15-16-17-18-19-20-24-27-31-35-44(48)54-37-40(38-55-59(52,53)56-39-41(47)46(50)51)57-45(49)36-32-28-25-22-21-23-26-30-34-43-42(58-43)33-29-6-4-2/h5,7,9-10,12-13,15-16,18-19,24,26-27,30,40-43H,3-4,6,8,11,14,17,20-23,25,28-29,31-39,47H2,1-2H3,(H,50,51)(H,52,53)/b7-5-,10-9-,13-12-,16-15-,19-18-,27-24-,30-26-/t40-,41+,42?,43?/m1/s1. The Balaban J connectivity index is 2.35. The molecule has 0 bridgehead atoms. The first-order valence-corrected chi connectivity index (χ1v) is 23.2. The van der Waals surface area contributed by atoms with Crippen LogP contribution in [-0.2, 0) is 42.2 Å². The van der Waals surface area contributed by atoms with Gasteiger partial charge in [-0.1, -0.05) is 137 Å². The summed E-state index contributed by atoms with van der Waals surface area (Å²) < 4.78 is 38.3. The molecule has 1 saturated heterocycles. The lowest BCUT2D eigenvalue weighted by Crippen LogP contribution is -2.34. The number of hydrogen-bond acceptors (Lipinski definition) is 10. The number of carboxylic acids is 1. The fraction of sp³-hybridized carbons (Fsp3) is 0.630. The van der Waals surface area contributed by atoms with Crippen molar-refractivity contribution >= 4 is 25.7 Å². The van der Waals surface area contributed by atoms with Crippen LogP contribution >= 0.6 is 7.82 Å². The van der Waals surface area contributed by atoms with Crippen molar-refractivity contribution in [3.8, 4) is 0 Å². The van der Waals surface area contributed by atoms with Gasteiger partial charge >= 0.3 is 25.7 Å². The Kier molecular flexibility index (Phi) is 33.2. The van der Waals surface area contributed by atoms with Crippen molar-refractivity contribution in [1.29, 1.82) is 0 Å². The number of epoxide rings is 1. The number of hydrogen-bond donors (Lipinski definition) is 3. The molecule has 4 N–H and O–H groups in total. The van der Waals surface area contributed by atoms with Gasteiger partial charge in [-0.15, -0.1) is 0 Å². The lowest BCUT2D eigenvalue weighted by Gasteiger charge is -2.20. The Morgan fingerprint density at radius 1 is 0.644 bits per heavy atom. The molecule has 0 aromatic heterocycles. The van der Waals surface area contributed by atoms with Crippen molar-refractivity contribution in [2.24, 2.45) is 5.73 Å². The molecule has 12 nitrogen and oxygen atoms in total. The molecule has 0 radical (unpaired) electrons. The second-order valence-electron chi connectivity index (χ2n) is 14.5. The van der Waals surface area contributed by atoms with Crippen molar-refractivity contribution in [3.63, 3.8) is 0 Å². The molecule has 1 heterocycles. The average molecular weight is 848 g/mol. The van der Waals surface area contributed by atoms with E-state index in [1.54, 1.807) is 0 Å². The van der Waals surface area contributed by atoms with E-state index in [-0.39, 0.29) is 12.8 Å². The van der Waals surface area contributed by atoms with Crippen LogP contribution in [0.15, 0.2) is 85.1 Å². The molecular formula is C46H74NO11P. The van der Waals surface area contributed by atoms with Crippen molar-refractivity contribution < 1.29 is 52.2 Å². The Labute approximate surface area is 354 Å². The van der Waals surface area contributed by atoms with Crippen LogP contribution in [0.1, 0.15) is 142 Å². The lowest BCUT2D eigenvalue weighted by atomic mass is 10.1. The number of allylic oxidation sites excluding steroid dienone is 13. The maximum absolute atomic E-state index is 12.6. The van der Waals surface area contributed by atoms with E-state index in [2.05, 4.69) is 91.3 Å². The first-order chi connectivity index (χ1) is 28.6. The van der Waals surface area contributed by atoms with Gasteiger partial charge in [0.05, 0.1) is 25.4 Å². The van der Waals surface area contributed by atoms with Gasteiger partial charge in [-0.2, -0.15) is 0 Å². The summed E-state index contributed by atoms with van der Waals surface area (Å²) in [4.78, 5) is 46.0. The highest BCUT2D eigenvalue weighted by atomic mass is 31.2. The Morgan fingerprint density at radius 2 is 1.20 bits per heavy atom. The van der Waals surface area contributed by atoms with Gasteiger partial charge in [0, 0.05) is 12.8 Å². The maximum Gasteiger partial charge on any atom is 0.472 e. The van der Waals surface area contributed by atoms with Gasteiger partial charge in [0.15, 0.2) is 6.10 Å². The minimum atomic E-state index is -4.75. The van der Waals surface area contributed by atoms with Gasteiger partial charge in [0.25, 0.3) is 0 Å². The fourth-order valence-electron chi connectivity index (χ4n) is 5.57. The third kappa shape index (κ3) is 34.1. The van der Waals surface area contributed by atoms with E-state index in [4.69, 9.17) is 29.6 Å². The zero-order valence-corrected chi connectivity index (χ0v) is 36.6. The Morgan fingerprint density at radius 3 is 1.81 bits per heavy atom. The second-order valence-corrected chi connectivity index (χ2v) is 15.9. The van der Waals surface area contributed by atoms with Gasteiger partial charge in [-0.05, 0) is 77.0 Å². The molecule has 0 aromatic rings. The number of carbonyl (C=O) groups is 3. The molecule has 0 spiro atoms. The third-order valence-corrected chi connectivity index (χ3v) is 10.0. The molecule has 0 saturated carbocycles. The number of phosphoric acid groups is 1. The van der Waals surface area contributed by atoms with Crippen molar-refractivity contribution in [2.75, 3.05) is 19.8 Å². The van der Waals surface area contributed by atoms with Gasteiger partial charge in [0.1, 0.15) is 12.6 Å². The van der Waals surface area contributed by atoms with Gasteiger partial charge < -0.3 is 29.9 Å². The SMILES string of the molecule is CC/C=C\C/C=C\C/C=C\C/C=C\C/C=C\C/C=C\CCC(=O)OC[C@H](COP(=O)(O)OC[C@H](N)C(=O)O)OC(=O)CCCCCCC/C=C\CC1OC1CCCCC. The van der Waals surface area contributed by atoms with E-state index in [1.807, 2.05) is 12.2 Å². The van der Waals surface area contributed by atoms with Crippen LogP contribution in [0.5, 0.6) is 0 Å². The Bertz CT molecular complexity index is 1390. The van der Waals surface area contributed by atoms with E-state index in [9.17, 15) is 23.8 Å². The quantitative estimate of drug-likeness (QED) is 0.0176. The molecule has 13 heteroatoms. The fourth-order valence-corrected chi connectivity index (χ4v) is 6.34. The number of aliphatic carboxylic acids is 1. The molecule has 1 aliphatic heterocycles. The smallest absolute Gasteiger partial charge is 0.472 e. The number of carboxylic acid groups (broad SMARTS) is 1. The largest absolute Gasteiger partial charge is 0.480 e. The van der Waals surface area contributed by atoms with Crippen LogP contribution in [0.25, 0.3) is 0 Å². The summed E-state index contributed by atoms with van der Waals surface area (Å²) in [6.45, 7) is 2.54. The molecule has 5 atom stereocenters. The molecular weight excluding hydrogens is 773 g/mol. The summed E-state index contributed by atoms with van der Waals surface area (Å²) in [5.41, 5.74) is 5.33. The first-order valence-electron chi connectivity index (χ1n) is 21.7. The zero-order valence-electron chi connectivity index (χ0n) is 35.7.